The normalized spacial score (nSPS) is 16.9. The summed E-state index contributed by atoms with van der Waals surface area (Å²) in [5, 5.41) is 3.18. The first-order valence-electron chi connectivity index (χ1n) is 12.0. The highest BCUT2D eigenvalue weighted by atomic mass is 32.2. The summed E-state index contributed by atoms with van der Waals surface area (Å²) in [4.78, 5) is 23.5. The third kappa shape index (κ3) is 5.21. The maximum absolute atomic E-state index is 12.7. The highest BCUT2D eigenvalue weighted by Gasteiger charge is 2.48. The quantitative estimate of drug-likeness (QED) is 0.327. The van der Waals surface area contributed by atoms with Crippen LogP contribution in [0.15, 0.2) is 42.5 Å². The number of amides is 1. The van der Waals surface area contributed by atoms with Crippen LogP contribution in [-0.4, -0.2) is 42.4 Å². The number of ether oxygens (including phenoxy) is 1. The molecule has 5 rings (SSSR count). The van der Waals surface area contributed by atoms with Crippen molar-refractivity contribution in [1.29, 1.82) is 0 Å². The SMILES string of the molecule is CC1Cc2c(C(N)=O)cccc2N1c1nc2c(c(NCc3cccc(OS(=O)(=O)C(F)(F)F)c3)n1)COCC2. The zero-order chi connectivity index (χ0) is 27.9. The largest absolute Gasteiger partial charge is 0.534 e. The summed E-state index contributed by atoms with van der Waals surface area (Å²) in [7, 11) is -5.79. The molecule has 3 heterocycles. The van der Waals surface area contributed by atoms with E-state index in [2.05, 4.69) is 9.50 Å². The van der Waals surface area contributed by atoms with Gasteiger partial charge in [0.2, 0.25) is 11.9 Å². The van der Waals surface area contributed by atoms with Crippen LogP contribution in [0.3, 0.4) is 0 Å². The maximum Gasteiger partial charge on any atom is 0.534 e. The molecule has 1 unspecified atom stereocenters. The predicted molar refractivity (Wildman–Crippen MR) is 135 cm³/mol. The number of halogens is 3. The van der Waals surface area contributed by atoms with Gasteiger partial charge >= 0.3 is 15.6 Å². The highest BCUT2D eigenvalue weighted by molar-refractivity contribution is 7.88. The van der Waals surface area contributed by atoms with Crippen LogP contribution in [0.25, 0.3) is 0 Å². The number of benzene rings is 2. The molecule has 2 aliphatic heterocycles. The summed E-state index contributed by atoms with van der Waals surface area (Å²) in [5.74, 6) is -0.0934. The van der Waals surface area contributed by atoms with E-state index in [1.807, 2.05) is 17.9 Å². The summed E-state index contributed by atoms with van der Waals surface area (Å²) >= 11 is 0. The molecule has 0 saturated heterocycles. The van der Waals surface area contributed by atoms with E-state index in [4.69, 9.17) is 20.4 Å². The molecular weight excluding hydrogens is 539 g/mol. The Bertz CT molecular complexity index is 1550. The number of primary amides is 1. The standard InChI is InChI=1S/C25H24F3N5O5S/c1-14-10-18-17(22(29)34)6-3-7-21(18)33(14)24-31-20-8-9-37-13-19(20)23(32-24)30-12-15-4-2-5-16(11-15)38-39(35,36)25(26,27)28/h2-7,11,14H,8-10,12-13H2,1H3,(H2,29,34)(H,30,31,32). The van der Waals surface area contributed by atoms with Crippen molar-refractivity contribution in [3.05, 3.63) is 70.4 Å². The molecule has 10 nitrogen and oxygen atoms in total. The molecule has 0 radical (unpaired) electrons. The van der Waals surface area contributed by atoms with Crippen molar-refractivity contribution in [2.45, 2.75) is 44.5 Å². The zero-order valence-electron chi connectivity index (χ0n) is 20.7. The van der Waals surface area contributed by atoms with E-state index in [0.29, 0.717) is 42.3 Å². The van der Waals surface area contributed by atoms with Gasteiger partial charge in [-0.3, -0.25) is 4.79 Å². The van der Waals surface area contributed by atoms with Crippen molar-refractivity contribution >= 4 is 33.5 Å². The number of nitrogens with two attached hydrogens (primary N) is 1. The van der Waals surface area contributed by atoms with E-state index < -0.39 is 27.3 Å². The lowest BCUT2D eigenvalue weighted by Crippen LogP contribution is -2.28. The van der Waals surface area contributed by atoms with Gasteiger partial charge in [-0.1, -0.05) is 18.2 Å². The number of hydrogen-bond donors (Lipinski definition) is 2. The van der Waals surface area contributed by atoms with Crippen LogP contribution in [0.2, 0.25) is 0 Å². The summed E-state index contributed by atoms with van der Waals surface area (Å²) in [6.07, 6.45) is 1.13. The molecule has 2 aromatic carbocycles. The van der Waals surface area contributed by atoms with Gasteiger partial charge in [-0.2, -0.15) is 26.6 Å². The summed E-state index contributed by atoms with van der Waals surface area (Å²) in [6.45, 7) is 2.84. The van der Waals surface area contributed by atoms with Crippen molar-refractivity contribution in [2.75, 3.05) is 16.8 Å². The van der Waals surface area contributed by atoms with Gasteiger partial charge in [0.05, 0.1) is 18.9 Å². The molecule has 14 heteroatoms. The number of alkyl halides is 3. The number of nitrogens with one attached hydrogen (secondary N) is 1. The Hall–Kier alpha value is -3.91. The fourth-order valence-electron chi connectivity index (χ4n) is 4.71. The molecule has 1 aromatic heterocycles. The molecular formula is C25H24F3N5O5S. The van der Waals surface area contributed by atoms with E-state index in [9.17, 15) is 26.4 Å². The first-order chi connectivity index (χ1) is 18.4. The topological polar surface area (TPSA) is 137 Å². The average molecular weight is 564 g/mol. The highest BCUT2D eigenvalue weighted by Crippen LogP contribution is 2.39. The molecule has 206 valence electrons. The lowest BCUT2D eigenvalue weighted by atomic mass is 10.0. The lowest BCUT2D eigenvalue weighted by Gasteiger charge is -2.26. The third-order valence-corrected chi connectivity index (χ3v) is 7.47. The number of anilines is 3. The van der Waals surface area contributed by atoms with Gasteiger partial charge < -0.3 is 24.9 Å². The van der Waals surface area contributed by atoms with Crippen molar-refractivity contribution in [3.63, 3.8) is 0 Å². The van der Waals surface area contributed by atoms with Crippen LogP contribution < -0.4 is 20.1 Å². The molecule has 0 fully saturated rings. The number of rotatable bonds is 7. The number of carbonyl (C=O) groups excluding carboxylic acids is 1. The molecule has 0 spiro atoms. The molecule has 0 aliphatic carbocycles. The smallest absolute Gasteiger partial charge is 0.376 e. The zero-order valence-corrected chi connectivity index (χ0v) is 21.5. The van der Waals surface area contributed by atoms with E-state index in [1.165, 1.54) is 12.1 Å². The predicted octanol–water partition coefficient (Wildman–Crippen LogP) is 3.57. The van der Waals surface area contributed by atoms with Crippen LogP contribution in [-0.2, 0) is 40.8 Å². The maximum atomic E-state index is 12.7. The Morgan fingerprint density at radius 3 is 2.72 bits per heavy atom. The monoisotopic (exact) mass is 563 g/mol. The van der Waals surface area contributed by atoms with Crippen LogP contribution in [0, 0.1) is 0 Å². The van der Waals surface area contributed by atoms with Crippen molar-refractivity contribution < 1.29 is 35.3 Å². The number of fused-ring (bicyclic) bond motifs is 2. The Morgan fingerprint density at radius 2 is 1.97 bits per heavy atom. The Kier molecular flexibility index (Phi) is 6.84. The Labute approximate surface area is 222 Å². The minimum absolute atomic E-state index is 0.0596. The molecule has 3 N–H and O–H groups in total. The first kappa shape index (κ1) is 26.7. The molecule has 0 saturated carbocycles. The van der Waals surface area contributed by atoms with Crippen LogP contribution in [0.4, 0.5) is 30.6 Å². The summed E-state index contributed by atoms with van der Waals surface area (Å²) in [6, 6.07) is 10.6. The van der Waals surface area contributed by atoms with Crippen LogP contribution in [0.5, 0.6) is 5.75 Å². The van der Waals surface area contributed by atoms with Gasteiger partial charge in [-0.25, -0.2) is 4.98 Å². The molecule has 0 bridgehead atoms. The van der Waals surface area contributed by atoms with Gasteiger partial charge in [-0.05, 0) is 48.7 Å². The van der Waals surface area contributed by atoms with Crippen LogP contribution in [0.1, 0.15) is 39.7 Å². The van der Waals surface area contributed by atoms with Gasteiger partial charge in [0.1, 0.15) is 11.6 Å². The molecule has 1 atom stereocenters. The summed E-state index contributed by atoms with van der Waals surface area (Å²) in [5.41, 5.74) is 4.08. The van der Waals surface area contributed by atoms with Gasteiger partial charge in [-0.15, -0.1) is 0 Å². The lowest BCUT2D eigenvalue weighted by molar-refractivity contribution is -0.0500. The number of aromatic nitrogens is 2. The van der Waals surface area contributed by atoms with E-state index in [1.54, 1.807) is 18.2 Å². The molecule has 2 aliphatic rings. The minimum atomic E-state index is -5.79. The van der Waals surface area contributed by atoms with Gasteiger partial charge in [0.25, 0.3) is 0 Å². The summed E-state index contributed by atoms with van der Waals surface area (Å²) < 4.78 is 70.8. The van der Waals surface area contributed by atoms with Crippen molar-refractivity contribution in [2.24, 2.45) is 5.73 Å². The van der Waals surface area contributed by atoms with Crippen molar-refractivity contribution in [3.8, 4) is 5.75 Å². The number of carbonyl (C=O) groups is 1. The Balaban J connectivity index is 1.45. The van der Waals surface area contributed by atoms with E-state index in [0.717, 1.165) is 28.6 Å². The fourth-order valence-corrected chi connectivity index (χ4v) is 5.17. The van der Waals surface area contributed by atoms with E-state index in [-0.39, 0.29) is 19.2 Å². The second-order valence-electron chi connectivity index (χ2n) is 9.17. The van der Waals surface area contributed by atoms with E-state index >= 15 is 0 Å². The molecule has 1 amide bonds. The molecule has 39 heavy (non-hydrogen) atoms. The minimum Gasteiger partial charge on any atom is -0.376 e. The number of hydrogen-bond acceptors (Lipinski definition) is 9. The average Bonchev–Trinajstić information content (AvgIpc) is 3.22. The number of nitrogens with zero attached hydrogens (tertiary/aromatic N) is 3. The van der Waals surface area contributed by atoms with Gasteiger partial charge in [0.15, 0.2) is 0 Å². The second kappa shape index (κ2) is 10.0. The van der Waals surface area contributed by atoms with Crippen LogP contribution >= 0.6 is 0 Å². The fraction of sp³-hybridized carbons (Fsp3) is 0.320. The first-order valence-corrected chi connectivity index (χ1v) is 13.4. The Morgan fingerprint density at radius 1 is 1.21 bits per heavy atom. The second-order valence-corrected chi connectivity index (χ2v) is 10.7. The molecule has 3 aromatic rings. The van der Waals surface area contributed by atoms with Gasteiger partial charge in [0, 0.05) is 35.8 Å². The third-order valence-electron chi connectivity index (χ3n) is 6.49. The van der Waals surface area contributed by atoms with Crippen molar-refractivity contribution in [1.82, 2.24) is 9.97 Å².